The van der Waals surface area contributed by atoms with Crippen molar-refractivity contribution in [3.05, 3.63) is 29.8 Å². The van der Waals surface area contributed by atoms with Crippen LogP contribution in [0.25, 0.3) is 0 Å². The van der Waals surface area contributed by atoms with Gasteiger partial charge in [0, 0.05) is 0 Å². The third-order valence-corrected chi connectivity index (χ3v) is 8.26. The molecule has 1 aromatic rings. The van der Waals surface area contributed by atoms with Crippen molar-refractivity contribution in [3.63, 3.8) is 0 Å². The first-order chi connectivity index (χ1) is 16.2. The van der Waals surface area contributed by atoms with E-state index < -0.39 is 18.7 Å². The third-order valence-electron chi connectivity index (χ3n) is 8.26. The Morgan fingerprint density at radius 3 is 1.76 bits per heavy atom. The van der Waals surface area contributed by atoms with Crippen LogP contribution in [0.2, 0.25) is 0 Å². The normalized spacial score (nSPS) is 26.4. The molecule has 34 heavy (non-hydrogen) atoms. The van der Waals surface area contributed by atoms with Crippen LogP contribution in [-0.4, -0.2) is 18.7 Å². The van der Waals surface area contributed by atoms with Gasteiger partial charge in [0.15, 0.2) is 6.61 Å². The van der Waals surface area contributed by atoms with E-state index in [0.29, 0.717) is 0 Å². The van der Waals surface area contributed by atoms with Crippen molar-refractivity contribution < 1.29 is 26.7 Å². The number of aryl methyl sites for hydroxylation is 1. The molecule has 0 spiro atoms. The summed E-state index contributed by atoms with van der Waals surface area (Å²) in [5.41, 5.74) is 1.07. The summed E-state index contributed by atoms with van der Waals surface area (Å²) in [4.78, 5) is 0. The van der Waals surface area contributed by atoms with Gasteiger partial charge >= 0.3 is 12.1 Å². The summed E-state index contributed by atoms with van der Waals surface area (Å²) in [6, 6.07) is 6.51. The van der Waals surface area contributed by atoms with Crippen LogP contribution in [0.3, 0.4) is 0 Å². The molecule has 2 aliphatic carbocycles. The maximum atomic E-state index is 13.0. The van der Waals surface area contributed by atoms with Gasteiger partial charge in [-0.1, -0.05) is 70.4 Å². The van der Waals surface area contributed by atoms with Crippen LogP contribution in [0.5, 0.6) is 5.75 Å². The molecular formula is C28H41F5O. The van der Waals surface area contributed by atoms with Crippen LogP contribution in [0, 0.1) is 23.7 Å². The largest absolute Gasteiger partial charge is 0.487 e. The number of benzene rings is 1. The standard InChI is InChI=1S/C28H41F5O/c1-2-3-4-5-21-8-14-24(15-9-21)25-16-10-22(11-17-25)6-7-23-12-18-26(19-13-23)34-20-27(29,30)28(31,32)33/h12-13,18-19,21-22,24-25H,2-11,14-17,20H2,1H3. The third kappa shape index (κ3) is 8.12. The maximum Gasteiger partial charge on any atom is 0.456 e. The van der Waals surface area contributed by atoms with Gasteiger partial charge in [0.25, 0.3) is 0 Å². The molecule has 2 saturated carbocycles. The summed E-state index contributed by atoms with van der Waals surface area (Å²) in [6.45, 7) is 0.579. The summed E-state index contributed by atoms with van der Waals surface area (Å²) in [5, 5.41) is 0. The van der Waals surface area contributed by atoms with Gasteiger partial charge < -0.3 is 4.74 Å². The van der Waals surface area contributed by atoms with E-state index in [-0.39, 0.29) is 5.75 Å². The fraction of sp³-hybridized carbons (Fsp3) is 0.786. The van der Waals surface area contributed by atoms with Crippen molar-refractivity contribution in [2.75, 3.05) is 6.61 Å². The Kier molecular flexibility index (Phi) is 10.1. The van der Waals surface area contributed by atoms with E-state index in [1.54, 1.807) is 12.1 Å². The number of hydrogen-bond acceptors (Lipinski definition) is 1. The summed E-state index contributed by atoms with van der Waals surface area (Å²) in [6.07, 6.45) is 12.9. The topological polar surface area (TPSA) is 9.23 Å². The van der Waals surface area contributed by atoms with Gasteiger partial charge in [0.2, 0.25) is 0 Å². The van der Waals surface area contributed by atoms with Crippen molar-refractivity contribution in [2.45, 2.75) is 109 Å². The zero-order valence-electron chi connectivity index (χ0n) is 20.5. The van der Waals surface area contributed by atoms with Gasteiger partial charge in [-0.25, -0.2) is 0 Å². The Hall–Kier alpha value is -1.33. The highest BCUT2D eigenvalue weighted by atomic mass is 19.4. The van der Waals surface area contributed by atoms with E-state index in [1.807, 2.05) is 0 Å². The molecule has 2 fully saturated rings. The predicted octanol–water partition coefficient (Wildman–Crippen LogP) is 9.39. The Balaban J connectivity index is 1.32. The zero-order valence-corrected chi connectivity index (χ0v) is 20.5. The lowest BCUT2D eigenvalue weighted by molar-refractivity contribution is -0.290. The molecule has 0 aromatic heterocycles. The van der Waals surface area contributed by atoms with Crippen LogP contribution in [-0.2, 0) is 6.42 Å². The number of alkyl halides is 5. The van der Waals surface area contributed by atoms with Crippen molar-refractivity contribution in [2.24, 2.45) is 23.7 Å². The van der Waals surface area contributed by atoms with E-state index in [0.717, 1.165) is 42.1 Å². The number of unbranched alkanes of at least 4 members (excludes halogenated alkanes) is 2. The molecule has 6 heteroatoms. The van der Waals surface area contributed by atoms with Crippen LogP contribution in [0.15, 0.2) is 24.3 Å². The first-order valence-electron chi connectivity index (χ1n) is 13.3. The number of rotatable bonds is 11. The van der Waals surface area contributed by atoms with Gasteiger partial charge in [-0.3, -0.25) is 0 Å². The molecule has 2 aliphatic rings. The lowest BCUT2D eigenvalue weighted by atomic mass is 9.68. The van der Waals surface area contributed by atoms with Crippen molar-refractivity contribution in [1.82, 2.24) is 0 Å². The molecule has 3 rings (SSSR count). The van der Waals surface area contributed by atoms with Gasteiger partial charge in [0.1, 0.15) is 5.75 Å². The molecule has 0 heterocycles. The molecule has 0 unspecified atom stereocenters. The highest BCUT2D eigenvalue weighted by molar-refractivity contribution is 5.27. The molecule has 1 nitrogen and oxygen atoms in total. The Morgan fingerprint density at radius 1 is 0.735 bits per heavy atom. The Labute approximate surface area is 201 Å². The summed E-state index contributed by atoms with van der Waals surface area (Å²) < 4.78 is 67.4. The van der Waals surface area contributed by atoms with Gasteiger partial charge in [-0.2, -0.15) is 22.0 Å². The number of halogens is 5. The molecule has 0 aliphatic heterocycles. The number of hydrogen-bond donors (Lipinski definition) is 0. The molecule has 0 radical (unpaired) electrons. The van der Waals surface area contributed by atoms with Crippen LogP contribution in [0.4, 0.5) is 22.0 Å². The van der Waals surface area contributed by atoms with Crippen LogP contribution >= 0.6 is 0 Å². The Bertz CT molecular complexity index is 699. The molecule has 0 amide bonds. The van der Waals surface area contributed by atoms with Gasteiger partial charge in [0.05, 0.1) is 0 Å². The molecule has 0 N–H and O–H groups in total. The van der Waals surface area contributed by atoms with E-state index in [2.05, 4.69) is 11.7 Å². The van der Waals surface area contributed by atoms with Gasteiger partial charge in [-0.05, 0) is 79.9 Å². The maximum absolute atomic E-state index is 13.0. The van der Waals surface area contributed by atoms with Crippen molar-refractivity contribution in [3.8, 4) is 5.75 Å². The molecular weight excluding hydrogens is 447 g/mol. The first-order valence-corrected chi connectivity index (χ1v) is 13.3. The minimum absolute atomic E-state index is 0.0354. The van der Waals surface area contributed by atoms with E-state index in [1.165, 1.54) is 89.2 Å². The van der Waals surface area contributed by atoms with Gasteiger partial charge in [-0.15, -0.1) is 0 Å². The minimum atomic E-state index is -5.60. The monoisotopic (exact) mass is 488 g/mol. The number of ether oxygens (including phenoxy) is 1. The molecule has 0 saturated heterocycles. The summed E-state index contributed by atoms with van der Waals surface area (Å²) in [5.74, 6) is -1.29. The highest BCUT2D eigenvalue weighted by Crippen LogP contribution is 2.43. The summed E-state index contributed by atoms with van der Waals surface area (Å²) in [7, 11) is 0. The second kappa shape index (κ2) is 12.6. The molecule has 0 atom stereocenters. The average molecular weight is 489 g/mol. The van der Waals surface area contributed by atoms with Crippen LogP contribution in [0.1, 0.15) is 96.0 Å². The van der Waals surface area contributed by atoms with Crippen molar-refractivity contribution in [1.29, 1.82) is 0 Å². The average Bonchev–Trinajstić information content (AvgIpc) is 2.82. The molecule has 0 bridgehead atoms. The summed E-state index contributed by atoms with van der Waals surface area (Å²) >= 11 is 0. The smallest absolute Gasteiger partial charge is 0.456 e. The van der Waals surface area contributed by atoms with E-state index in [4.69, 9.17) is 0 Å². The second-order valence-corrected chi connectivity index (χ2v) is 10.7. The quantitative estimate of drug-likeness (QED) is 0.223. The Morgan fingerprint density at radius 2 is 1.26 bits per heavy atom. The van der Waals surface area contributed by atoms with E-state index >= 15 is 0 Å². The molecule has 194 valence electrons. The lowest BCUT2D eigenvalue weighted by Crippen LogP contribution is -2.41. The highest BCUT2D eigenvalue weighted by Gasteiger charge is 2.58. The van der Waals surface area contributed by atoms with Crippen LogP contribution < -0.4 is 4.74 Å². The zero-order chi connectivity index (χ0) is 24.6. The molecule has 1 aromatic carbocycles. The fourth-order valence-corrected chi connectivity index (χ4v) is 5.96. The minimum Gasteiger partial charge on any atom is -0.487 e. The lowest BCUT2D eigenvalue weighted by Gasteiger charge is -2.38. The predicted molar refractivity (Wildman–Crippen MR) is 126 cm³/mol. The van der Waals surface area contributed by atoms with Crippen molar-refractivity contribution >= 4 is 0 Å². The SMILES string of the molecule is CCCCCC1CCC(C2CCC(CCc3ccc(OCC(F)(F)C(F)(F)F)cc3)CC2)CC1. The fourth-order valence-electron chi connectivity index (χ4n) is 5.96. The van der Waals surface area contributed by atoms with E-state index in [9.17, 15) is 22.0 Å². The second-order valence-electron chi connectivity index (χ2n) is 10.7. The first kappa shape index (κ1) is 27.3.